The maximum absolute atomic E-state index is 13.2. The van der Waals surface area contributed by atoms with Crippen LogP contribution < -0.4 is 4.74 Å². The minimum atomic E-state index is -0.823. The number of hydrogen-bond acceptors (Lipinski definition) is 3. The van der Waals surface area contributed by atoms with E-state index in [-0.39, 0.29) is 11.9 Å². The molecule has 2 aromatic carbocycles. The first-order valence-corrected chi connectivity index (χ1v) is 7.04. The molecule has 0 fully saturated rings. The van der Waals surface area contributed by atoms with Crippen molar-refractivity contribution in [3.8, 4) is 5.75 Å². The maximum Gasteiger partial charge on any atom is 0.138 e. The van der Waals surface area contributed by atoms with Crippen molar-refractivity contribution >= 4 is 11.8 Å². The van der Waals surface area contributed by atoms with E-state index < -0.39 is 6.10 Å². The molecule has 0 aromatic heterocycles. The van der Waals surface area contributed by atoms with E-state index >= 15 is 0 Å². The topological polar surface area (TPSA) is 29.5 Å². The molecule has 2 nitrogen and oxygen atoms in total. The Labute approximate surface area is 115 Å². The number of benzene rings is 2. The van der Waals surface area contributed by atoms with Crippen LogP contribution in [0.25, 0.3) is 0 Å². The molecule has 0 saturated heterocycles. The van der Waals surface area contributed by atoms with Crippen molar-refractivity contribution in [2.45, 2.75) is 17.1 Å². The Hall–Kier alpha value is -1.52. The van der Waals surface area contributed by atoms with Gasteiger partial charge < -0.3 is 9.84 Å². The Morgan fingerprint density at radius 1 is 1.21 bits per heavy atom. The molecule has 0 bridgehead atoms. The summed E-state index contributed by atoms with van der Waals surface area (Å²) in [6, 6.07) is 13.7. The first-order valence-electron chi connectivity index (χ1n) is 6.06. The molecule has 2 unspecified atom stereocenters. The van der Waals surface area contributed by atoms with Crippen molar-refractivity contribution in [3.05, 3.63) is 59.9 Å². The molecular formula is C15H13FO2S. The Morgan fingerprint density at radius 2 is 2.05 bits per heavy atom. The minimum Gasteiger partial charge on any atom is -0.485 e. The second kappa shape index (κ2) is 5.23. The standard InChI is InChI=1S/C15H13FO2S/c16-11-5-3-4-10(8-11)15(17)13-9-19-14-7-2-1-6-12(14)18-13/h1-8,13,15,17H,9H2. The van der Waals surface area contributed by atoms with Crippen molar-refractivity contribution in [2.75, 3.05) is 5.75 Å². The molecule has 98 valence electrons. The summed E-state index contributed by atoms with van der Waals surface area (Å²) in [5.74, 6) is 1.08. The zero-order valence-corrected chi connectivity index (χ0v) is 10.9. The third-order valence-corrected chi connectivity index (χ3v) is 4.22. The highest BCUT2D eigenvalue weighted by Crippen LogP contribution is 2.38. The van der Waals surface area contributed by atoms with E-state index in [4.69, 9.17) is 4.74 Å². The van der Waals surface area contributed by atoms with Gasteiger partial charge in [0.15, 0.2) is 0 Å². The molecule has 19 heavy (non-hydrogen) atoms. The molecule has 1 N–H and O–H groups in total. The third-order valence-electron chi connectivity index (χ3n) is 3.07. The van der Waals surface area contributed by atoms with Crippen molar-refractivity contribution in [3.63, 3.8) is 0 Å². The molecule has 4 heteroatoms. The second-order valence-electron chi connectivity index (χ2n) is 4.41. The summed E-state index contributed by atoms with van der Waals surface area (Å²) in [5, 5.41) is 10.3. The van der Waals surface area contributed by atoms with E-state index in [0.29, 0.717) is 11.3 Å². The summed E-state index contributed by atoms with van der Waals surface area (Å²) < 4.78 is 19.0. The van der Waals surface area contributed by atoms with E-state index in [1.54, 1.807) is 23.9 Å². The van der Waals surface area contributed by atoms with Crippen molar-refractivity contribution in [1.82, 2.24) is 0 Å². The lowest BCUT2D eigenvalue weighted by Crippen LogP contribution is -2.30. The molecule has 2 atom stereocenters. The number of thioether (sulfide) groups is 1. The van der Waals surface area contributed by atoms with Gasteiger partial charge in [0.1, 0.15) is 23.8 Å². The second-order valence-corrected chi connectivity index (χ2v) is 5.48. The summed E-state index contributed by atoms with van der Waals surface area (Å²) >= 11 is 1.65. The van der Waals surface area contributed by atoms with Gasteiger partial charge in [0, 0.05) is 10.6 Å². The van der Waals surface area contributed by atoms with Gasteiger partial charge in [0.2, 0.25) is 0 Å². The molecular weight excluding hydrogens is 263 g/mol. The Morgan fingerprint density at radius 3 is 2.89 bits per heavy atom. The van der Waals surface area contributed by atoms with Crippen LogP contribution in [0.2, 0.25) is 0 Å². The summed E-state index contributed by atoms with van der Waals surface area (Å²) in [5.41, 5.74) is 0.546. The molecule has 0 amide bonds. The van der Waals surface area contributed by atoms with Crippen LogP contribution in [0.3, 0.4) is 0 Å². The van der Waals surface area contributed by atoms with Gasteiger partial charge in [0.05, 0.1) is 0 Å². The van der Waals surface area contributed by atoms with Gasteiger partial charge in [0.25, 0.3) is 0 Å². The largest absolute Gasteiger partial charge is 0.485 e. The van der Waals surface area contributed by atoms with Crippen LogP contribution in [0.5, 0.6) is 5.75 Å². The van der Waals surface area contributed by atoms with Gasteiger partial charge in [-0.15, -0.1) is 11.8 Å². The van der Waals surface area contributed by atoms with E-state index in [1.807, 2.05) is 24.3 Å². The predicted octanol–water partition coefficient (Wildman–Crippen LogP) is 3.41. The maximum atomic E-state index is 13.2. The lowest BCUT2D eigenvalue weighted by atomic mass is 10.1. The summed E-state index contributed by atoms with van der Waals surface area (Å²) in [4.78, 5) is 1.07. The Balaban J connectivity index is 1.81. The quantitative estimate of drug-likeness (QED) is 0.911. The number of hydrogen-bond donors (Lipinski definition) is 1. The number of halogens is 1. The molecule has 0 radical (unpaired) electrons. The smallest absolute Gasteiger partial charge is 0.138 e. The van der Waals surface area contributed by atoms with Gasteiger partial charge in [-0.2, -0.15) is 0 Å². The molecule has 1 heterocycles. The van der Waals surface area contributed by atoms with Gasteiger partial charge in [-0.05, 0) is 29.8 Å². The van der Waals surface area contributed by atoms with Crippen LogP contribution in [0, 0.1) is 5.82 Å². The van der Waals surface area contributed by atoms with Crippen LogP contribution >= 0.6 is 11.8 Å². The fourth-order valence-electron chi connectivity index (χ4n) is 2.10. The van der Waals surface area contributed by atoms with Gasteiger partial charge in [-0.1, -0.05) is 24.3 Å². The van der Waals surface area contributed by atoms with E-state index in [1.165, 1.54) is 12.1 Å². The van der Waals surface area contributed by atoms with Gasteiger partial charge in [-0.3, -0.25) is 0 Å². The van der Waals surface area contributed by atoms with Crippen molar-refractivity contribution < 1.29 is 14.2 Å². The first-order chi connectivity index (χ1) is 9.24. The summed E-state index contributed by atoms with van der Waals surface area (Å²) in [7, 11) is 0. The fourth-order valence-corrected chi connectivity index (χ4v) is 3.12. The number of aliphatic hydroxyl groups excluding tert-OH is 1. The van der Waals surface area contributed by atoms with Crippen LogP contribution in [0.1, 0.15) is 11.7 Å². The predicted molar refractivity (Wildman–Crippen MR) is 72.9 cm³/mol. The summed E-state index contributed by atoms with van der Waals surface area (Å²) in [6.07, 6.45) is -1.18. The highest BCUT2D eigenvalue weighted by Gasteiger charge is 2.27. The monoisotopic (exact) mass is 276 g/mol. The van der Waals surface area contributed by atoms with E-state index in [0.717, 1.165) is 10.6 Å². The number of ether oxygens (including phenoxy) is 1. The number of rotatable bonds is 2. The molecule has 1 aliphatic heterocycles. The zero-order chi connectivity index (χ0) is 13.2. The lowest BCUT2D eigenvalue weighted by Gasteiger charge is -2.29. The van der Waals surface area contributed by atoms with Crippen LogP contribution in [-0.2, 0) is 0 Å². The average molecular weight is 276 g/mol. The van der Waals surface area contributed by atoms with Crippen LogP contribution in [0.15, 0.2) is 53.4 Å². The average Bonchev–Trinajstić information content (AvgIpc) is 2.46. The molecule has 0 spiro atoms. The highest BCUT2D eigenvalue weighted by atomic mass is 32.2. The third kappa shape index (κ3) is 2.60. The minimum absolute atomic E-state index is 0.347. The molecule has 1 aliphatic rings. The van der Waals surface area contributed by atoms with Crippen molar-refractivity contribution in [1.29, 1.82) is 0 Å². The Kier molecular flexibility index (Phi) is 3.44. The molecule has 2 aromatic rings. The molecule has 0 aliphatic carbocycles. The fraction of sp³-hybridized carbons (Fsp3) is 0.200. The van der Waals surface area contributed by atoms with Gasteiger partial charge >= 0.3 is 0 Å². The molecule has 3 rings (SSSR count). The Bertz CT molecular complexity index is 588. The van der Waals surface area contributed by atoms with E-state index in [2.05, 4.69) is 0 Å². The summed E-state index contributed by atoms with van der Waals surface area (Å²) in [6.45, 7) is 0. The van der Waals surface area contributed by atoms with Gasteiger partial charge in [-0.25, -0.2) is 4.39 Å². The van der Waals surface area contributed by atoms with Crippen LogP contribution in [-0.4, -0.2) is 17.0 Å². The number of para-hydroxylation sites is 1. The highest BCUT2D eigenvalue weighted by molar-refractivity contribution is 7.99. The first kappa shape index (κ1) is 12.5. The zero-order valence-electron chi connectivity index (χ0n) is 10.1. The molecule has 0 saturated carbocycles. The number of fused-ring (bicyclic) bond motifs is 1. The normalized spacial score (nSPS) is 19.4. The van der Waals surface area contributed by atoms with E-state index in [9.17, 15) is 9.50 Å². The lowest BCUT2D eigenvalue weighted by molar-refractivity contribution is 0.0455. The SMILES string of the molecule is OC(c1cccc(F)c1)C1CSc2ccccc2O1. The number of aliphatic hydroxyl groups is 1. The van der Waals surface area contributed by atoms with Crippen molar-refractivity contribution in [2.24, 2.45) is 0 Å². The van der Waals surface area contributed by atoms with Crippen LogP contribution in [0.4, 0.5) is 4.39 Å².